The van der Waals surface area contributed by atoms with Crippen molar-refractivity contribution in [3.05, 3.63) is 124 Å². The Hall–Kier alpha value is -7.88. The summed E-state index contributed by atoms with van der Waals surface area (Å²) in [5.41, 5.74) is 7.48. The van der Waals surface area contributed by atoms with Crippen molar-refractivity contribution in [2.45, 2.75) is 83.8 Å². The van der Waals surface area contributed by atoms with E-state index < -0.39 is 17.9 Å². The van der Waals surface area contributed by atoms with E-state index in [0.29, 0.717) is 81.6 Å². The molecule has 0 saturated heterocycles. The Morgan fingerprint density at radius 3 is 2.07 bits per heavy atom. The number of ether oxygens (including phenoxy) is 4. The molecule has 9 rings (SSSR count). The van der Waals surface area contributed by atoms with Gasteiger partial charge in [0.05, 0.1) is 49.3 Å². The molecule has 5 aromatic rings. The minimum absolute atomic E-state index is 0.00433. The first kappa shape index (κ1) is 45.3. The number of aliphatic imine (C=N–C) groups is 1. The van der Waals surface area contributed by atoms with E-state index in [-0.39, 0.29) is 49.7 Å². The van der Waals surface area contributed by atoms with Crippen molar-refractivity contribution in [1.29, 1.82) is 0 Å². The van der Waals surface area contributed by atoms with Crippen LogP contribution in [0.5, 0.6) is 23.0 Å². The number of hydrogen-bond acceptors (Lipinski definition) is 11. The van der Waals surface area contributed by atoms with E-state index in [4.69, 9.17) is 23.9 Å². The van der Waals surface area contributed by atoms with Crippen LogP contribution in [0.25, 0.3) is 0 Å². The molecule has 4 aliphatic heterocycles. The maximum Gasteiger partial charge on any atom is 0.262 e. The maximum absolute atomic E-state index is 14.0. The molecule has 5 aromatic carbocycles. The van der Waals surface area contributed by atoms with Crippen LogP contribution in [0.15, 0.2) is 96.0 Å². The normalized spacial score (nSPS) is 16.4. The lowest BCUT2D eigenvalue weighted by molar-refractivity contribution is -0.128. The Balaban J connectivity index is 0.944. The van der Waals surface area contributed by atoms with Crippen LogP contribution in [0.4, 0.5) is 28.4 Å². The molecule has 0 fully saturated rings. The van der Waals surface area contributed by atoms with Gasteiger partial charge in [0.2, 0.25) is 17.7 Å². The van der Waals surface area contributed by atoms with Gasteiger partial charge in [-0.15, -0.1) is 0 Å². The second-order valence-electron chi connectivity index (χ2n) is 17.2. The van der Waals surface area contributed by atoms with E-state index in [0.717, 1.165) is 41.8 Å². The van der Waals surface area contributed by atoms with E-state index in [1.54, 1.807) is 59.3 Å². The van der Waals surface area contributed by atoms with Crippen molar-refractivity contribution in [2.75, 3.05) is 41.2 Å². The largest absolute Gasteiger partial charge is 0.493 e. The van der Waals surface area contributed by atoms with Gasteiger partial charge in [0.1, 0.15) is 25.4 Å². The number of carbonyl (C=O) groups is 5. The highest BCUT2D eigenvalue weighted by atomic mass is 16.5. The highest BCUT2D eigenvalue weighted by Gasteiger charge is 2.40. The van der Waals surface area contributed by atoms with Gasteiger partial charge in [-0.05, 0) is 78.1 Å². The zero-order valence-corrected chi connectivity index (χ0v) is 38.3. The highest BCUT2D eigenvalue weighted by Crippen LogP contribution is 2.44. The third-order valence-corrected chi connectivity index (χ3v) is 12.5. The third-order valence-electron chi connectivity index (χ3n) is 12.5. The number of hydrogen-bond donors (Lipinski definition) is 4. The van der Waals surface area contributed by atoms with Crippen molar-refractivity contribution >= 4 is 64.2 Å². The van der Waals surface area contributed by atoms with Crippen LogP contribution in [-0.4, -0.2) is 74.8 Å². The van der Waals surface area contributed by atoms with E-state index >= 15 is 0 Å². The molecule has 3 atom stereocenters. The maximum atomic E-state index is 14.0. The summed E-state index contributed by atoms with van der Waals surface area (Å²) in [5, 5.41) is 11.7. The van der Waals surface area contributed by atoms with Crippen LogP contribution >= 0.6 is 0 Å². The number of carbonyl (C=O) groups excluding carboxylic acids is 5. The monoisotopic (exact) mass is 919 g/mol. The lowest BCUT2D eigenvalue weighted by Gasteiger charge is -2.33. The molecule has 3 unspecified atom stereocenters. The van der Waals surface area contributed by atoms with E-state index in [9.17, 15) is 24.0 Å². The van der Waals surface area contributed by atoms with Gasteiger partial charge >= 0.3 is 0 Å². The third kappa shape index (κ3) is 9.26. The number of unbranched alkanes of at least 4 members (excludes halogenated alkanes) is 2. The number of anilines is 4. The Kier molecular flexibility index (Phi) is 13.0. The Bertz CT molecular complexity index is 2850. The predicted molar refractivity (Wildman–Crippen MR) is 258 cm³/mol. The average molecular weight is 920 g/mol. The van der Waals surface area contributed by atoms with Gasteiger partial charge in [-0.2, -0.15) is 0 Å². The zero-order valence-electron chi connectivity index (χ0n) is 38.3. The van der Waals surface area contributed by atoms with Crippen LogP contribution in [0.1, 0.15) is 82.5 Å². The van der Waals surface area contributed by atoms with Gasteiger partial charge in [-0.1, -0.05) is 56.2 Å². The number of nitrogens with zero attached hydrogens (tertiary/aromatic N) is 3. The molecule has 16 heteroatoms. The van der Waals surface area contributed by atoms with Crippen LogP contribution in [0.2, 0.25) is 0 Å². The van der Waals surface area contributed by atoms with Gasteiger partial charge in [-0.3, -0.25) is 38.8 Å². The van der Waals surface area contributed by atoms with Crippen molar-refractivity contribution in [1.82, 2.24) is 10.6 Å². The second-order valence-corrected chi connectivity index (χ2v) is 17.2. The number of nitrogens with one attached hydrogen (secondary N) is 4. The summed E-state index contributed by atoms with van der Waals surface area (Å²) in [7, 11) is 3.01. The Labute approximate surface area is 394 Å². The summed E-state index contributed by atoms with van der Waals surface area (Å²) >= 11 is 0. The van der Waals surface area contributed by atoms with Crippen molar-refractivity contribution in [2.24, 2.45) is 4.99 Å². The fraction of sp³-hybridized carbons (Fsp3) is 0.308. The number of para-hydroxylation sites is 2. The van der Waals surface area contributed by atoms with Gasteiger partial charge < -0.3 is 40.2 Å². The highest BCUT2D eigenvalue weighted by molar-refractivity contribution is 6.15. The molecule has 4 aliphatic rings. The molecule has 0 aromatic heterocycles. The molecule has 4 heterocycles. The fourth-order valence-corrected chi connectivity index (χ4v) is 9.11. The van der Waals surface area contributed by atoms with Gasteiger partial charge in [-0.25, -0.2) is 0 Å². The summed E-state index contributed by atoms with van der Waals surface area (Å²) in [6, 6.07) is 26.7. The SMILES string of the molecule is CCCCCC(=O)NCC(=O)NC(C)C(=O)Nc1cc(COc2cc3c(cc2OC)C(=O)N2c4ccccc4CC2C=N3)cc(COc2cc3c(cc2OC)C(=O)N2c4ccccc4CC2N3)c1. The minimum atomic E-state index is -0.950. The molecule has 350 valence electrons. The molecular weight excluding hydrogens is 867 g/mol. The Morgan fingerprint density at radius 1 is 0.750 bits per heavy atom. The van der Waals surface area contributed by atoms with Crippen molar-refractivity contribution in [3.8, 4) is 23.0 Å². The lowest BCUT2D eigenvalue weighted by Crippen LogP contribution is -2.46. The van der Waals surface area contributed by atoms with Gasteiger partial charge in [0.15, 0.2) is 23.0 Å². The number of amides is 5. The minimum Gasteiger partial charge on any atom is -0.493 e. The van der Waals surface area contributed by atoms with E-state index in [2.05, 4.69) is 21.3 Å². The predicted octanol–water partition coefficient (Wildman–Crippen LogP) is 7.24. The average Bonchev–Trinajstić information content (AvgIpc) is 3.88. The molecule has 16 nitrogen and oxygen atoms in total. The quantitative estimate of drug-likeness (QED) is 0.0692. The van der Waals surface area contributed by atoms with Gasteiger partial charge in [0.25, 0.3) is 11.8 Å². The molecule has 0 aliphatic carbocycles. The Morgan fingerprint density at radius 2 is 1.38 bits per heavy atom. The topological polar surface area (TPSA) is 189 Å². The van der Waals surface area contributed by atoms with Crippen LogP contribution < -0.4 is 50.0 Å². The molecular formula is C52H53N7O9. The summed E-state index contributed by atoms with van der Waals surface area (Å²) in [6.07, 6.45) is 5.81. The zero-order chi connectivity index (χ0) is 47.5. The lowest BCUT2D eigenvalue weighted by atomic mass is 10.1. The van der Waals surface area contributed by atoms with E-state index in [1.807, 2.05) is 61.5 Å². The van der Waals surface area contributed by atoms with Crippen LogP contribution in [-0.2, 0) is 40.4 Å². The fourth-order valence-electron chi connectivity index (χ4n) is 9.11. The first-order valence-corrected chi connectivity index (χ1v) is 22.8. The van der Waals surface area contributed by atoms with E-state index in [1.165, 1.54) is 14.2 Å². The number of fused-ring (bicyclic) bond motifs is 8. The number of methoxy groups -OCH3 is 2. The summed E-state index contributed by atoms with van der Waals surface area (Å²) in [4.78, 5) is 74.6. The summed E-state index contributed by atoms with van der Waals surface area (Å²) < 4.78 is 24.3. The first-order chi connectivity index (χ1) is 33.0. The molecule has 0 radical (unpaired) electrons. The summed E-state index contributed by atoms with van der Waals surface area (Å²) in [6.45, 7) is 3.37. The van der Waals surface area contributed by atoms with Crippen molar-refractivity contribution in [3.63, 3.8) is 0 Å². The van der Waals surface area contributed by atoms with Gasteiger partial charge in [0, 0.05) is 54.7 Å². The molecule has 0 bridgehead atoms. The van der Waals surface area contributed by atoms with Crippen molar-refractivity contribution < 1.29 is 42.9 Å². The smallest absolute Gasteiger partial charge is 0.262 e. The van der Waals surface area contributed by atoms with Crippen LogP contribution in [0.3, 0.4) is 0 Å². The standard InChI is InChI=1S/C52H53N7O9/c1-5-6-7-16-48(60)54-27-49(61)55-30(2)50(62)56-35-18-31(28-67-45-24-39-37(22-43(45)65-3)51(63)58-36(26-53-39)20-33-12-8-10-14-41(33)58)17-32(19-35)29-68-46-25-40-38(23-44(46)66-4)52(64)59-42-15-11-9-13-34(42)21-47(59)57-40/h8-15,17-19,22-26,30,36,47,57H,5-7,16,20-21,27-29H2,1-4H3,(H,54,60)(H,55,61)(H,56,62). The first-order valence-electron chi connectivity index (χ1n) is 22.8. The number of rotatable bonds is 17. The molecule has 4 N–H and O–H groups in total. The molecule has 0 saturated carbocycles. The number of benzene rings is 5. The van der Waals surface area contributed by atoms with Crippen LogP contribution in [0, 0.1) is 0 Å². The second kappa shape index (κ2) is 19.5. The molecule has 0 spiro atoms. The molecule has 68 heavy (non-hydrogen) atoms. The summed E-state index contributed by atoms with van der Waals surface area (Å²) in [5.74, 6) is -0.101. The molecule has 5 amide bonds.